The van der Waals surface area contributed by atoms with Crippen LogP contribution in [0.5, 0.6) is 5.75 Å². The summed E-state index contributed by atoms with van der Waals surface area (Å²) in [6.45, 7) is 4.36. The number of hydrogen-bond donors (Lipinski definition) is 1. The lowest BCUT2D eigenvalue weighted by Gasteiger charge is -2.34. The number of carbonyl (C=O) groups is 1. The number of amides is 1. The number of ether oxygens (including phenoxy) is 1. The van der Waals surface area contributed by atoms with Gasteiger partial charge in [0.05, 0.1) is 12.9 Å². The molecule has 2 aromatic heterocycles. The van der Waals surface area contributed by atoms with Gasteiger partial charge < -0.3 is 15.0 Å². The van der Waals surface area contributed by atoms with Crippen molar-refractivity contribution in [1.82, 2.24) is 20.0 Å². The van der Waals surface area contributed by atoms with Crippen LogP contribution in [-0.2, 0) is 11.3 Å². The highest BCUT2D eigenvalue weighted by atomic mass is 32.2. The number of benzene rings is 1. The molecule has 10 heteroatoms. The molecule has 1 amide bonds. The number of rotatable bonds is 8. The van der Waals surface area contributed by atoms with Gasteiger partial charge in [0.15, 0.2) is 4.34 Å². The minimum Gasteiger partial charge on any atom is -0.497 e. The third-order valence-corrected chi connectivity index (χ3v) is 7.45. The minimum atomic E-state index is 0.160. The Balaban J connectivity index is 1.22. The zero-order valence-corrected chi connectivity index (χ0v) is 19.1. The van der Waals surface area contributed by atoms with Crippen molar-refractivity contribution in [2.75, 3.05) is 44.4 Å². The lowest BCUT2D eigenvalue weighted by Crippen LogP contribution is -2.48. The molecule has 1 saturated heterocycles. The number of thiophene rings is 1. The summed E-state index contributed by atoms with van der Waals surface area (Å²) in [5, 5.41) is 16.6. The average molecular weight is 462 g/mol. The second kappa shape index (κ2) is 10.3. The summed E-state index contributed by atoms with van der Waals surface area (Å²) in [6.07, 6.45) is 0. The third kappa shape index (κ3) is 5.72. The van der Waals surface area contributed by atoms with E-state index < -0.39 is 0 Å². The Hall–Kier alpha value is -2.14. The quantitative estimate of drug-likeness (QED) is 0.512. The second-order valence-corrected chi connectivity index (χ2v) is 9.79. The van der Waals surface area contributed by atoms with Crippen molar-refractivity contribution < 1.29 is 9.53 Å². The SMILES string of the molecule is COc1cccc(Nc2nnc(SCC(=O)N3CCN(Cc4ccsc4)CC3)s2)c1. The molecule has 4 rings (SSSR count). The molecule has 0 unspecified atom stereocenters. The fraction of sp³-hybridized carbons (Fsp3) is 0.350. The molecule has 1 aromatic carbocycles. The predicted octanol–water partition coefficient (Wildman–Crippen LogP) is 3.79. The molecule has 1 N–H and O–H groups in total. The van der Waals surface area contributed by atoms with E-state index in [4.69, 9.17) is 4.74 Å². The smallest absolute Gasteiger partial charge is 0.233 e. The summed E-state index contributed by atoms with van der Waals surface area (Å²) < 4.78 is 6.01. The molecule has 0 spiro atoms. The number of carbonyl (C=O) groups excluding carboxylic acids is 1. The zero-order valence-electron chi connectivity index (χ0n) is 16.6. The summed E-state index contributed by atoms with van der Waals surface area (Å²) in [4.78, 5) is 16.9. The Kier molecular flexibility index (Phi) is 7.21. The molecule has 0 aliphatic carbocycles. The van der Waals surface area contributed by atoms with Crippen LogP contribution in [0.2, 0.25) is 0 Å². The van der Waals surface area contributed by atoms with E-state index in [1.807, 2.05) is 29.2 Å². The Morgan fingerprint density at radius 1 is 1.23 bits per heavy atom. The van der Waals surface area contributed by atoms with Crippen LogP contribution in [0.3, 0.4) is 0 Å². The number of methoxy groups -OCH3 is 1. The largest absolute Gasteiger partial charge is 0.497 e. The number of anilines is 2. The molecule has 0 bridgehead atoms. The van der Waals surface area contributed by atoms with Gasteiger partial charge in [-0.25, -0.2) is 0 Å². The zero-order chi connectivity index (χ0) is 20.8. The molecule has 3 heterocycles. The van der Waals surface area contributed by atoms with Crippen LogP contribution in [0.15, 0.2) is 45.4 Å². The molecule has 158 valence electrons. The van der Waals surface area contributed by atoms with E-state index in [0.29, 0.717) is 10.9 Å². The van der Waals surface area contributed by atoms with E-state index >= 15 is 0 Å². The van der Waals surface area contributed by atoms with Crippen molar-refractivity contribution in [3.63, 3.8) is 0 Å². The van der Waals surface area contributed by atoms with Crippen LogP contribution < -0.4 is 10.1 Å². The van der Waals surface area contributed by atoms with Crippen molar-refractivity contribution in [3.8, 4) is 5.75 Å². The maximum absolute atomic E-state index is 12.6. The number of aromatic nitrogens is 2. The Morgan fingerprint density at radius 3 is 2.87 bits per heavy atom. The van der Waals surface area contributed by atoms with E-state index in [2.05, 4.69) is 37.2 Å². The molecular weight excluding hydrogens is 438 g/mol. The second-order valence-electron chi connectivity index (χ2n) is 6.81. The first-order valence-electron chi connectivity index (χ1n) is 9.58. The maximum atomic E-state index is 12.6. The maximum Gasteiger partial charge on any atom is 0.233 e. The molecule has 0 saturated carbocycles. The van der Waals surface area contributed by atoms with Gasteiger partial charge >= 0.3 is 0 Å². The number of nitrogens with zero attached hydrogens (tertiary/aromatic N) is 4. The van der Waals surface area contributed by atoms with Gasteiger partial charge in [0.25, 0.3) is 0 Å². The average Bonchev–Trinajstić information content (AvgIpc) is 3.45. The van der Waals surface area contributed by atoms with E-state index in [9.17, 15) is 4.79 Å². The van der Waals surface area contributed by atoms with Crippen molar-refractivity contribution >= 4 is 51.2 Å². The molecule has 0 atom stereocenters. The van der Waals surface area contributed by atoms with Crippen molar-refractivity contribution in [1.29, 1.82) is 0 Å². The third-order valence-electron chi connectivity index (χ3n) is 4.76. The van der Waals surface area contributed by atoms with Crippen molar-refractivity contribution in [2.45, 2.75) is 10.9 Å². The van der Waals surface area contributed by atoms with Crippen molar-refractivity contribution in [3.05, 3.63) is 46.7 Å². The lowest BCUT2D eigenvalue weighted by molar-refractivity contribution is -0.130. The highest BCUT2D eigenvalue weighted by Gasteiger charge is 2.21. The van der Waals surface area contributed by atoms with Gasteiger partial charge in [-0.3, -0.25) is 9.69 Å². The van der Waals surface area contributed by atoms with Gasteiger partial charge in [-0.15, -0.1) is 10.2 Å². The summed E-state index contributed by atoms with van der Waals surface area (Å²) in [5.74, 6) is 1.33. The fourth-order valence-corrected chi connectivity index (χ4v) is 5.49. The predicted molar refractivity (Wildman–Crippen MR) is 123 cm³/mol. The number of nitrogens with one attached hydrogen (secondary N) is 1. The van der Waals surface area contributed by atoms with Gasteiger partial charge in [-0.2, -0.15) is 11.3 Å². The van der Waals surface area contributed by atoms with E-state index in [-0.39, 0.29) is 5.91 Å². The highest BCUT2D eigenvalue weighted by molar-refractivity contribution is 8.01. The standard InChI is InChI=1S/C20H23N5O2S3/c1-27-17-4-2-3-16(11-17)21-19-22-23-20(30-19)29-14-18(26)25-8-6-24(7-9-25)12-15-5-10-28-13-15/h2-5,10-11,13H,6-9,12,14H2,1H3,(H,21,22). The number of piperazine rings is 1. The van der Waals surface area contributed by atoms with Crippen LogP contribution in [0.4, 0.5) is 10.8 Å². The van der Waals surface area contributed by atoms with Crippen LogP contribution in [0.1, 0.15) is 5.56 Å². The molecule has 1 aliphatic rings. The first-order valence-corrected chi connectivity index (χ1v) is 12.3. The normalized spacial score (nSPS) is 14.6. The summed E-state index contributed by atoms with van der Waals surface area (Å²) in [6, 6.07) is 9.81. The Morgan fingerprint density at radius 2 is 2.10 bits per heavy atom. The first-order chi connectivity index (χ1) is 14.7. The molecule has 1 fully saturated rings. The molecule has 30 heavy (non-hydrogen) atoms. The lowest BCUT2D eigenvalue weighted by atomic mass is 10.2. The molecule has 0 radical (unpaired) electrons. The van der Waals surface area contributed by atoms with E-state index in [1.54, 1.807) is 18.4 Å². The van der Waals surface area contributed by atoms with Gasteiger partial charge in [0.2, 0.25) is 11.0 Å². The van der Waals surface area contributed by atoms with E-state index in [0.717, 1.165) is 48.5 Å². The van der Waals surface area contributed by atoms with Gasteiger partial charge in [0.1, 0.15) is 5.75 Å². The first kappa shape index (κ1) is 21.1. The minimum absolute atomic E-state index is 0.160. The number of thioether (sulfide) groups is 1. The summed E-state index contributed by atoms with van der Waals surface area (Å²) in [7, 11) is 1.64. The van der Waals surface area contributed by atoms with Crippen LogP contribution in [-0.4, -0.2) is 64.9 Å². The highest BCUT2D eigenvalue weighted by Crippen LogP contribution is 2.29. The van der Waals surface area contributed by atoms with Crippen LogP contribution >= 0.6 is 34.4 Å². The summed E-state index contributed by atoms with van der Waals surface area (Å²) in [5.41, 5.74) is 2.24. The van der Waals surface area contributed by atoms with E-state index in [1.165, 1.54) is 28.7 Å². The molecule has 7 nitrogen and oxygen atoms in total. The molecule has 3 aromatic rings. The van der Waals surface area contributed by atoms with Crippen molar-refractivity contribution in [2.24, 2.45) is 0 Å². The van der Waals surface area contributed by atoms with Gasteiger partial charge in [0, 0.05) is 44.5 Å². The van der Waals surface area contributed by atoms with Crippen LogP contribution in [0, 0.1) is 0 Å². The van der Waals surface area contributed by atoms with Gasteiger partial charge in [-0.1, -0.05) is 29.2 Å². The van der Waals surface area contributed by atoms with Crippen LogP contribution in [0.25, 0.3) is 0 Å². The monoisotopic (exact) mass is 461 g/mol. The molecular formula is C20H23N5O2S3. The number of hydrogen-bond acceptors (Lipinski definition) is 9. The fourth-order valence-electron chi connectivity index (χ4n) is 3.15. The Bertz CT molecular complexity index is 955. The molecule has 1 aliphatic heterocycles. The topological polar surface area (TPSA) is 70.6 Å². The van der Waals surface area contributed by atoms with Gasteiger partial charge in [-0.05, 0) is 34.5 Å². The summed E-state index contributed by atoms with van der Waals surface area (Å²) >= 11 is 4.61. The Labute approximate surface area is 188 Å².